The zero-order valence-corrected chi connectivity index (χ0v) is 14.4. The molecule has 0 radical (unpaired) electrons. The summed E-state index contributed by atoms with van der Waals surface area (Å²) in [6.45, 7) is 0.589. The van der Waals surface area contributed by atoms with Gasteiger partial charge in [-0.25, -0.2) is 9.97 Å². The summed E-state index contributed by atoms with van der Waals surface area (Å²) in [7, 11) is 1.64. The van der Waals surface area contributed by atoms with Gasteiger partial charge in [-0.1, -0.05) is 23.7 Å². The largest absolute Gasteiger partial charge is 0.497 e. The lowest BCUT2D eigenvalue weighted by Gasteiger charge is -2.13. The molecule has 0 saturated carbocycles. The summed E-state index contributed by atoms with van der Waals surface area (Å²) >= 11 is 5.89. The topological polar surface area (TPSA) is 85.1 Å². The maximum absolute atomic E-state index is 6.17. The number of nitrogens with one attached hydrogen (secondary N) is 2. The van der Waals surface area contributed by atoms with E-state index in [2.05, 4.69) is 20.6 Å². The van der Waals surface area contributed by atoms with Crippen LogP contribution in [0.15, 0.2) is 54.9 Å². The first-order chi connectivity index (χ1) is 12.2. The highest BCUT2D eigenvalue weighted by molar-refractivity contribution is 6.30. The Morgan fingerprint density at radius 2 is 1.68 bits per heavy atom. The van der Waals surface area contributed by atoms with E-state index in [4.69, 9.17) is 22.1 Å². The minimum Gasteiger partial charge on any atom is -0.497 e. The third-order valence-electron chi connectivity index (χ3n) is 3.61. The summed E-state index contributed by atoms with van der Waals surface area (Å²) in [6.07, 6.45) is 1.46. The molecule has 0 bridgehead atoms. The van der Waals surface area contributed by atoms with Crippen LogP contribution in [0.2, 0.25) is 5.02 Å². The second kappa shape index (κ2) is 7.72. The van der Waals surface area contributed by atoms with Gasteiger partial charge in [0, 0.05) is 17.3 Å². The van der Waals surface area contributed by atoms with Gasteiger partial charge in [0.15, 0.2) is 11.6 Å². The molecule has 3 rings (SSSR count). The Kier molecular flexibility index (Phi) is 5.20. The van der Waals surface area contributed by atoms with Crippen molar-refractivity contribution in [3.63, 3.8) is 0 Å². The summed E-state index contributed by atoms with van der Waals surface area (Å²) in [5, 5.41) is 7.06. The van der Waals surface area contributed by atoms with E-state index >= 15 is 0 Å². The molecule has 25 heavy (non-hydrogen) atoms. The second-order valence-electron chi connectivity index (χ2n) is 5.32. The Hall–Kier alpha value is -2.99. The summed E-state index contributed by atoms with van der Waals surface area (Å²) in [6, 6.07) is 15.1. The van der Waals surface area contributed by atoms with E-state index < -0.39 is 0 Å². The molecular weight excluding hydrogens is 338 g/mol. The summed E-state index contributed by atoms with van der Waals surface area (Å²) in [5.74, 6) is 1.93. The quantitative estimate of drug-likeness (QED) is 0.618. The van der Waals surface area contributed by atoms with E-state index in [1.807, 2.05) is 36.4 Å². The van der Waals surface area contributed by atoms with Crippen LogP contribution in [0.3, 0.4) is 0 Å². The number of hydrogen-bond acceptors (Lipinski definition) is 6. The minimum atomic E-state index is 0.450. The molecule has 0 unspecified atom stereocenters. The van der Waals surface area contributed by atoms with Crippen molar-refractivity contribution in [3.8, 4) is 5.75 Å². The van der Waals surface area contributed by atoms with Gasteiger partial charge in [0.1, 0.15) is 17.8 Å². The minimum absolute atomic E-state index is 0.450. The fourth-order valence-electron chi connectivity index (χ4n) is 2.24. The normalized spacial score (nSPS) is 10.3. The first-order valence-electron chi connectivity index (χ1n) is 7.65. The molecule has 2 aromatic carbocycles. The van der Waals surface area contributed by atoms with Gasteiger partial charge >= 0.3 is 0 Å². The van der Waals surface area contributed by atoms with Crippen LogP contribution in [0.25, 0.3) is 0 Å². The Morgan fingerprint density at radius 3 is 2.36 bits per heavy atom. The molecule has 0 amide bonds. The molecule has 7 heteroatoms. The summed E-state index contributed by atoms with van der Waals surface area (Å²) in [4.78, 5) is 8.41. The van der Waals surface area contributed by atoms with E-state index in [9.17, 15) is 0 Å². The van der Waals surface area contributed by atoms with Crippen molar-refractivity contribution in [2.45, 2.75) is 6.54 Å². The first-order valence-corrected chi connectivity index (χ1v) is 8.03. The lowest BCUT2D eigenvalue weighted by Crippen LogP contribution is -2.08. The number of methoxy groups -OCH3 is 1. The van der Waals surface area contributed by atoms with E-state index in [-0.39, 0.29) is 0 Å². The maximum Gasteiger partial charge on any atom is 0.159 e. The van der Waals surface area contributed by atoms with Crippen LogP contribution >= 0.6 is 11.6 Å². The Bertz CT molecular complexity index is 837. The highest BCUT2D eigenvalue weighted by Crippen LogP contribution is 2.26. The van der Waals surface area contributed by atoms with Gasteiger partial charge < -0.3 is 21.1 Å². The molecule has 6 nitrogen and oxygen atoms in total. The molecule has 128 valence electrons. The Balaban J connectivity index is 1.70. The standard InChI is InChI=1S/C18H18ClN5O/c1-25-15-8-2-12(3-9-15)10-21-17-16(20)18(23-11-22-17)24-14-6-4-13(19)5-7-14/h2-9,11H,10,20H2,1H3,(H2,21,22,23,24). The van der Waals surface area contributed by atoms with Gasteiger partial charge in [0.05, 0.1) is 7.11 Å². The van der Waals surface area contributed by atoms with Crippen LogP contribution in [-0.4, -0.2) is 17.1 Å². The van der Waals surface area contributed by atoms with E-state index in [0.717, 1.165) is 17.0 Å². The monoisotopic (exact) mass is 355 g/mol. The van der Waals surface area contributed by atoms with Crippen LogP contribution in [0.1, 0.15) is 5.56 Å². The zero-order valence-electron chi connectivity index (χ0n) is 13.7. The highest BCUT2D eigenvalue weighted by atomic mass is 35.5. The van der Waals surface area contributed by atoms with Crippen molar-refractivity contribution in [2.24, 2.45) is 0 Å². The van der Waals surface area contributed by atoms with E-state index in [1.54, 1.807) is 19.2 Å². The highest BCUT2D eigenvalue weighted by Gasteiger charge is 2.08. The SMILES string of the molecule is COc1ccc(CNc2ncnc(Nc3ccc(Cl)cc3)c2N)cc1. The summed E-state index contributed by atoms with van der Waals surface area (Å²) in [5.41, 5.74) is 8.56. The molecule has 1 aromatic heterocycles. The van der Waals surface area contributed by atoms with E-state index in [0.29, 0.717) is 28.9 Å². The molecule has 1 heterocycles. The fraction of sp³-hybridized carbons (Fsp3) is 0.111. The van der Waals surface area contributed by atoms with Gasteiger partial charge in [-0.2, -0.15) is 0 Å². The molecule has 0 atom stereocenters. The van der Waals surface area contributed by atoms with Gasteiger partial charge in [0.2, 0.25) is 0 Å². The number of ether oxygens (including phenoxy) is 1. The van der Waals surface area contributed by atoms with Crippen molar-refractivity contribution < 1.29 is 4.74 Å². The number of anilines is 4. The van der Waals surface area contributed by atoms with Gasteiger partial charge in [-0.3, -0.25) is 0 Å². The first kappa shape index (κ1) is 16.9. The van der Waals surface area contributed by atoms with Crippen LogP contribution in [0.5, 0.6) is 5.75 Å². The van der Waals surface area contributed by atoms with Crippen molar-refractivity contribution in [1.29, 1.82) is 0 Å². The number of nitrogens with zero attached hydrogens (tertiary/aromatic N) is 2. The molecule has 0 aliphatic carbocycles. The van der Waals surface area contributed by atoms with Crippen molar-refractivity contribution in [3.05, 3.63) is 65.4 Å². The van der Waals surface area contributed by atoms with Crippen LogP contribution < -0.4 is 21.1 Å². The summed E-state index contributed by atoms with van der Waals surface area (Å²) < 4.78 is 5.15. The van der Waals surface area contributed by atoms with Crippen molar-refractivity contribution in [2.75, 3.05) is 23.5 Å². The third-order valence-corrected chi connectivity index (χ3v) is 3.86. The molecule has 3 aromatic rings. The predicted octanol–water partition coefficient (Wildman–Crippen LogP) is 4.08. The van der Waals surface area contributed by atoms with Crippen LogP contribution in [0, 0.1) is 0 Å². The number of benzene rings is 2. The Labute approximate surface area is 151 Å². The van der Waals surface area contributed by atoms with Crippen molar-refractivity contribution in [1.82, 2.24) is 9.97 Å². The number of nitrogens with two attached hydrogens (primary N) is 1. The fourth-order valence-corrected chi connectivity index (χ4v) is 2.36. The average Bonchev–Trinajstić information content (AvgIpc) is 2.64. The average molecular weight is 356 g/mol. The number of nitrogen functional groups attached to an aromatic ring is 1. The van der Waals surface area contributed by atoms with E-state index in [1.165, 1.54) is 6.33 Å². The van der Waals surface area contributed by atoms with Gasteiger partial charge in [-0.15, -0.1) is 0 Å². The molecule has 0 aliphatic rings. The number of halogens is 1. The number of aromatic nitrogens is 2. The van der Waals surface area contributed by atoms with Crippen molar-refractivity contribution >= 4 is 34.6 Å². The molecule has 0 fully saturated rings. The lowest BCUT2D eigenvalue weighted by molar-refractivity contribution is 0.414. The predicted molar refractivity (Wildman–Crippen MR) is 101 cm³/mol. The smallest absolute Gasteiger partial charge is 0.159 e. The lowest BCUT2D eigenvalue weighted by atomic mass is 10.2. The molecule has 4 N–H and O–H groups in total. The third kappa shape index (κ3) is 4.30. The van der Waals surface area contributed by atoms with Crippen LogP contribution in [-0.2, 0) is 6.54 Å². The Morgan fingerprint density at radius 1 is 1.00 bits per heavy atom. The number of hydrogen-bond donors (Lipinski definition) is 3. The number of rotatable bonds is 6. The zero-order chi connectivity index (χ0) is 17.6. The van der Waals surface area contributed by atoms with Crippen LogP contribution in [0.4, 0.5) is 23.0 Å². The maximum atomic E-state index is 6.17. The van der Waals surface area contributed by atoms with Gasteiger partial charge in [0.25, 0.3) is 0 Å². The molecule has 0 aliphatic heterocycles. The second-order valence-corrected chi connectivity index (χ2v) is 5.75. The van der Waals surface area contributed by atoms with Gasteiger partial charge in [-0.05, 0) is 42.0 Å². The molecular formula is C18H18ClN5O. The molecule has 0 spiro atoms. The molecule has 0 saturated heterocycles.